The Morgan fingerprint density at radius 2 is 2.20 bits per heavy atom. The second-order valence-corrected chi connectivity index (χ2v) is 6.94. The van der Waals surface area contributed by atoms with Gasteiger partial charge in [-0.2, -0.15) is 0 Å². The molecule has 0 fully saturated rings. The number of carbonyl (C=O) groups is 2. The van der Waals surface area contributed by atoms with Gasteiger partial charge in [0.05, 0.1) is 3.79 Å². The highest BCUT2D eigenvalue weighted by atomic mass is 79.9. The standard InChI is InChI=1S/C13H19BrN2O3S/c1-2-3-4-10(12(17)18)16-13(19)15-8-7-9-5-6-11(14)20-9/h5-6,10H,2-4,7-8H2,1H3,(H,17,18)(H2,15,16,19)/t10-/m0/s1. The smallest absolute Gasteiger partial charge is 0.326 e. The quantitative estimate of drug-likeness (QED) is 0.664. The van der Waals surface area contributed by atoms with Crippen LogP contribution in [0.2, 0.25) is 0 Å². The van der Waals surface area contributed by atoms with Gasteiger partial charge in [-0.05, 0) is 40.9 Å². The number of amides is 2. The molecule has 0 radical (unpaired) electrons. The molecule has 1 aromatic heterocycles. The van der Waals surface area contributed by atoms with E-state index in [1.54, 1.807) is 11.3 Å². The van der Waals surface area contributed by atoms with E-state index in [-0.39, 0.29) is 0 Å². The van der Waals surface area contributed by atoms with E-state index in [1.165, 1.54) is 0 Å². The molecular weight excluding hydrogens is 344 g/mol. The van der Waals surface area contributed by atoms with Gasteiger partial charge in [-0.1, -0.05) is 19.8 Å². The molecule has 1 heterocycles. The van der Waals surface area contributed by atoms with Gasteiger partial charge in [0.1, 0.15) is 6.04 Å². The molecule has 3 N–H and O–H groups in total. The third-order valence-corrected chi connectivity index (χ3v) is 4.42. The van der Waals surface area contributed by atoms with Crippen LogP contribution in [0.25, 0.3) is 0 Å². The van der Waals surface area contributed by atoms with Crippen LogP contribution >= 0.6 is 27.3 Å². The number of hydrogen-bond acceptors (Lipinski definition) is 3. The average Bonchev–Trinajstić information content (AvgIpc) is 2.80. The minimum absolute atomic E-state index is 0.427. The highest BCUT2D eigenvalue weighted by Gasteiger charge is 2.18. The summed E-state index contributed by atoms with van der Waals surface area (Å²) in [6, 6.07) is 2.72. The predicted octanol–water partition coefficient (Wildman–Crippen LogP) is 3.00. The van der Waals surface area contributed by atoms with Crippen LogP contribution in [0.5, 0.6) is 0 Å². The summed E-state index contributed by atoms with van der Waals surface area (Å²) >= 11 is 5.00. The summed E-state index contributed by atoms with van der Waals surface area (Å²) in [4.78, 5) is 23.8. The fourth-order valence-electron chi connectivity index (χ4n) is 1.66. The third-order valence-electron chi connectivity index (χ3n) is 2.74. The summed E-state index contributed by atoms with van der Waals surface area (Å²) in [5, 5.41) is 14.2. The molecule has 5 nitrogen and oxygen atoms in total. The maximum atomic E-state index is 11.6. The molecule has 1 atom stereocenters. The predicted molar refractivity (Wildman–Crippen MR) is 83.2 cm³/mol. The van der Waals surface area contributed by atoms with Crippen LogP contribution in [-0.4, -0.2) is 29.7 Å². The lowest BCUT2D eigenvalue weighted by atomic mass is 10.1. The lowest BCUT2D eigenvalue weighted by molar-refractivity contribution is -0.139. The van der Waals surface area contributed by atoms with Crippen LogP contribution in [-0.2, 0) is 11.2 Å². The molecule has 0 saturated carbocycles. The van der Waals surface area contributed by atoms with Gasteiger partial charge in [0.25, 0.3) is 0 Å². The van der Waals surface area contributed by atoms with Crippen LogP contribution in [0.1, 0.15) is 31.1 Å². The maximum absolute atomic E-state index is 11.6. The summed E-state index contributed by atoms with van der Waals surface area (Å²) in [5.74, 6) is -0.990. The summed E-state index contributed by atoms with van der Waals surface area (Å²) in [6.07, 6.45) is 2.87. The number of hydrogen-bond donors (Lipinski definition) is 3. The lowest BCUT2D eigenvalue weighted by Crippen LogP contribution is -2.46. The first-order valence-corrected chi connectivity index (χ1v) is 8.15. The van der Waals surface area contributed by atoms with Gasteiger partial charge < -0.3 is 15.7 Å². The Labute approximate surface area is 130 Å². The van der Waals surface area contributed by atoms with Crippen molar-refractivity contribution in [2.24, 2.45) is 0 Å². The third kappa shape index (κ3) is 6.38. The SMILES string of the molecule is CCCC[C@H](NC(=O)NCCc1ccc(Br)s1)C(=O)O. The second-order valence-electron chi connectivity index (χ2n) is 4.39. The van der Waals surface area contributed by atoms with E-state index < -0.39 is 18.0 Å². The van der Waals surface area contributed by atoms with Gasteiger partial charge in [0.15, 0.2) is 0 Å². The number of rotatable bonds is 8. The van der Waals surface area contributed by atoms with E-state index in [2.05, 4.69) is 26.6 Å². The van der Waals surface area contributed by atoms with Crippen LogP contribution in [0.4, 0.5) is 4.79 Å². The van der Waals surface area contributed by atoms with Gasteiger partial charge in [0.2, 0.25) is 0 Å². The number of halogens is 1. The molecule has 7 heteroatoms. The number of thiophene rings is 1. The van der Waals surface area contributed by atoms with Crippen LogP contribution < -0.4 is 10.6 Å². The van der Waals surface area contributed by atoms with Crippen molar-refractivity contribution < 1.29 is 14.7 Å². The fourth-order valence-corrected chi connectivity index (χ4v) is 3.14. The Balaban J connectivity index is 2.28. The first-order chi connectivity index (χ1) is 9.52. The van der Waals surface area contributed by atoms with Crippen molar-refractivity contribution >= 4 is 39.3 Å². The molecular formula is C13H19BrN2O3S. The molecule has 0 spiro atoms. The Hall–Kier alpha value is -1.08. The van der Waals surface area contributed by atoms with Crippen molar-refractivity contribution in [2.75, 3.05) is 6.54 Å². The van der Waals surface area contributed by atoms with Crippen LogP contribution in [0.15, 0.2) is 15.9 Å². The molecule has 1 aromatic rings. The zero-order valence-corrected chi connectivity index (χ0v) is 13.7. The van der Waals surface area contributed by atoms with Crippen molar-refractivity contribution in [2.45, 2.75) is 38.6 Å². The summed E-state index contributed by atoms with van der Waals surface area (Å²) in [6.45, 7) is 2.47. The minimum Gasteiger partial charge on any atom is -0.480 e. The van der Waals surface area contributed by atoms with Crippen molar-refractivity contribution in [3.8, 4) is 0 Å². The first kappa shape index (κ1) is 17.0. The molecule has 0 saturated heterocycles. The largest absolute Gasteiger partial charge is 0.480 e. The first-order valence-electron chi connectivity index (χ1n) is 6.54. The molecule has 0 aromatic carbocycles. The normalized spacial score (nSPS) is 11.9. The van der Waals surface area contributed by atoms with E-state index in [0.29, 0.717) is 13.0 Å². The number of urea groups is 1. The topological polar surface area (TPSA) is 78.4 Å². The molecule has 0 aliphatic carbocycles. The molecule has 2 amide bonds. The molecule has 20 heavy (non-hydrogen) atoms. The molecule has 112 valence electrons. The lowest BCUT2D eigenvalue weighted by Gasteiger charge is -2.14. The van der Waals surface area contributed by atoms with E-state index in [9.17, 15) is 9.59 Å². The van der Waals surface area contributed by atoms with Gasteiger partial charge >= 0.3 is 12.0 Å². The van der Waals surface area contributed by atoms with Crippen molar-refractivity contribution in [3.63, 3.8) is 0 Å². The van der Waals surface area contributed by atoms with Crippen molar-refractivity contribution in [1.29, 1.82) is 0 Å². The molecule has 0 aliphatic rings. The summed E-state index contributed by atoms with van der Waals surface area (Å²) in [7, 11) is 0. The summed E-state index contributed by atoms with van der Waals surface area (Å²) < 4.78 is 1.06. The van der Waals surface area contributed by atoms with Crippen LogP contribution in [0.3, 0.4) is 0 Å². The van der Waals surface area contributed by atoms with E-state index >= 15 is 0 Å². The average molecular weight is 363 g/mol. The van der Waals surface area contributed by atoms with Gasteiger partial charge in [-0.3, -0.25) is 0 Å². The van der Waals surface area contributed by atoms with Gasteiger partial charge in [0, 0.05) is 11.4 Å². The summed E-state index contributed by atoms with van der Waals surface area (Å²) in [5.41, 5.74) is 0. The Morgan fingerprint density at radius 3 is 2.75 bits per heavy atom. The van der Waals surface area contributed by atoms with E-state index in [0.717, 1.165) is 27.9 Å². The molecule has 0 bridgehead atoms. The zero-order chi connectivity index (χ0) is 15.0. The molecule has 0 aliphatic heterocycles. The minimum atomic E-state index is -0.990. The molecule has 0 unspecified atom stereocenters. The number of nitrogens with one attached hydrogen (secondary N) is 2. The Morgan fingerprint density at radius 1 is 1.45 bits per heavy atom. The number of carbonyl (C=O) groups excluding carboxylic acids is 1. The maximum Gasteiger partial charge on any atom is 0.326 e. The van der Waals surface area contributed by atoms with E-state index in [1.807, 2.05) is 19.1 Å². The van der Waals surface area contributed by atoms with E-state index in [4.69, 9.17) is 5.11 Å². The molecule has 1 rings (SSSR count). The highest BCUT2D eigenvalue weighted by molar-refractivity contribution is 9.11. The van der Waals surface area contributed by atoms with Crippen LogP contribution in [0, 0.1) is 0 Å². The van der Waals surface area contributed by atoms with Gasteiger partial charge in [-0.15, -0.1) is 11.3 Å². The second kappa shape index (κ2) is 8.97. The highest BCUT2D eigenvalue weighted by Crippen LogP contribution is 2.21. The van der Waals surface area contributed by atoms with Crippen molar-refractivity contribution in [1.82, 2.24) is 10.6 Å². The number of aliphatic carboxylic acids is 1. The number of unbranched alkanes of at least 4 members (excludes halogenated alkanes) is 1. The number of carboxylic acid groups (broad SMARTS) is 1. The Kier molecular flexibility index (Phi) is 7.61. The monoisotopic (exact) mass is 362 g/mol. The van der Waals surface area contributed by atoms with Crippen molar-refractivity contribution in [3.05, 3.63) is 20.8 Å². The van der Waals surface area contributed by atoms with Gasteiger partial charge in [-0.25, -0.2) is 9.59 Å². The Bertz CT molecular complexity index is 451. The fraction of sp³-hybridized carbons (Fsp3) is 0.538. The number of carboxylic acids is 1. The zero-order valence-electron chi connectivity index (χ0n) is 11.3.